The highest BCUT2D eigenvalue weighted by atomic mass is 16.5. The molecule has 0 aliphatic carbocycles. The number of anilines is 5. The van der Waals surface area contributed by atoms with Gasteiger partial charge in [-0.05, 0) is 97.3 Å². The van der Waals surface area contributed by atoms with Crippen molar-refractivity contribution < 1.29 is 23.7 Å². The molecule has 3 aromatic carbocycles. The molecule has 334 valence electrons. The van der Waals surface area contributed by atoms with Crippen molar-refractivity contribution in [1.29, 1.82) is 0 Å². The second kappa shape index (κ2) is 17.4. The lowest BCUT2D eigenvalue weighted by molar-refractivity contribution is -0.120. The molecule has 3 saturated heterocycles. The molecule has 0 unspecified atom stereocenters. The van der Waals surface area contributed by atoms with Gasteiger partial charge in [0.1, 0.15) is 17.1 Å². The largest absolute Gasteiger partial charge is 0.372 e. The van der Waals surface area contributed by atoms with Gasteiger partial charge in [-0.2, -0.15) is 10.1 Å². The number of aryl methyl sites for hydroxylation is 3. The maximum atomic E-state index is 13.1. The van der Waals surface area contributed by atoms with Gasteiger partial charge >= 0.3 is 17.8 Å². The van der Waals surface area contributed by atoms with Crippen molar-refractivity contribution in [2.24, 2.45) is 11.7 Å². The number of benzene rings is 3. The Morgan fingerprint density at radius 2 is 1.56 bits per heavy atom. The zero-order valence-corrected chi connectivity index (χ0v) is 36.9. The van der Waals surface area contributed by atoms with Crippen molar-refractivity contribution in [2.45, 2.75) is 71.9 Å². The Hall–Kier alpha value is -6.75. The Morgan fingerprint density at radius 3 is 2.25 bits per heavy atom. The second-order valence-electron chi connectivity index (χ2n) is 18.4. The number of urea groups is 1. The first-order chi connectivity index (χ1) is 30.8. The summed E-state index contributed by atoms with van der Waals surface area (Å²) in [6, 6.07) is 20.0. The molecule has 5 N–H and O–H groups in total. The normalized spacial score (nSPS) is 17.3. The molecule has 5 aromatic rings. The molecule has 0 bridgehead atoms. The average molecular weight is 869 g/mol. The van der Waals surface area contributed by atoms with Crippen LogP contribution in [-0.2, 0) is 29.7 Å². The van der Waals surface area contributed by atoms with Crippen molar-refractivity contribution >= 4 is 52.3 Å². The molecule has 4 aliphatic heterocycles. The predicted molar refractivity (Wildman–Crippen MR) is 244 cm³/mol. The minimum Gasteiger partial charge on any atom is -0.372 e. The van der Waals surface area contributed by atoms with E-state index < -0.39 is 11.8 Å². The van der Waals surface area contributed by atoms with Gasteiger partial charge in [-0.1, -0.05) is 38.1 Å². The van der Waals surface area contributed by atoms with E-state index in [0.717, 1.165) is 98.7 Å². The van der Waals surface area contributed by atoms with Gasteiger partial charge in [-0.3, -0.25) is 29.5 Å². The fraction of sp³-hybridized carbons (Fsp3) is 0.426. The number of carbonyl (C=O) groups excluding carboxylic acids is 4. The Kier molecular flexibility index (Phi) is 11.6. The molecule has 6 heterocycles. The molecule has 17 nitrogen and oxygen atoms in total. The first kappa shape index (κ1) is 42.5. The topological polar surface area (TPSA) is 200 Å². The van der Waals surface area contributed by atoms with Crippen LogP contribution in [0.4, 0.5) is 33.4 Å². The number of primary amides is 1. The maximum absolute atomic E-state index is 13.1. The molecule has 0 saturated carbocycles. The van der Waals surface area contributed by atoms with E-state index in [1.165, 1.54) is 11.4 Å². The van der Waals surface area contributed by atoms with E-state index >= 15 is 0 Å². The Balaban J connectivity index is 0.777. The van der Waals surface area contributed by atoms with E-state index in [-0.39, 0.29) is 29.8 Å². The molecule has 17 heteroatoms. The number of nitrogens with one attached hydrogen (secondary N) is 3. The number of hydrogen-bond donors (Lipinski definition) is 4. The van der Waals surface area contributed by atoms with E-state index in [1.807, 2.05) is 62.7 Å². The number of piperazine rings is 1. The van der Waals surface area contributed by atoms with Crippen molar-refractivity contribution in [1.82, 2.24) is 35.5 Å². The SMILES string of the molecule is Cc1cc(-c2nn3c(c2C(N)=O)Nc2ccc(N4CCN(CC5CCN(c6ccc(N7CCC(=O)NC7=O)cc6)CC5)CC4)cc2CC3)ccc1CNC(=O)c1nc(C(C)(C)C)no1. The summed E-state index contributed by atoms with van der Waals surface area (Å²) < 4.78 is 7.03. The van der Waals surface area contributed by atoms with Gasteiger partial charge in [-0.25, -0.2) is 9.48 Å². The van der Waals surface area contributed by atoms with E-state index in [0.29, 0.717) is 48.3 Å². The molecule has 64 heavy (non-hydrogen) atoms. The summed E-state index contributed by atoms with van der Waals surface area (Å²) in [5.41, 5.74) is 14.4. The summed E-state index contributed by atoms with van der Waals surface area (Å²) >= 11 is 0. The zero-order chi connectivity index (χ0) is 44.7. The van der Waals surface area contributed by atoms with Gasteiger partial charge in [0.25, 0.3) is 5.91 Å². The van der Waals surface area contributed by atoms with Crippen LogP contribution in [0.5, 0.6) is 0 Å². The van der Waals surface area contributed by atoms with Crippen LogP contribution in [0.15, 0.2) is 65.2 Å². The lowest BCUT2D eigenvalue weighted by Gasteiger charge is -2.40. The number of carbonyl (C=O) groups is 4. The van der Waals surface area contributed by atoms with E-state index in [1.54, 1.807) is 4.90 Å². The summed E-state index contributed by atoms with van der Waals surface area (Å²) in [5.74, 6) is 0.383. The Labute approximate surface area is 372 Å². The maximum Gasteiger partial charge on any atom is 0.328 e. The Morgan fingerprint density at radius 1 is 0.844 bits per heavy atom. The van der Waals surface area contributed by atoms with Crippen LogP contribution in [0.25, 0.3) is 11.3 Å². The van der Waals surface area contributed by atoms with Gasteiger partial charge in [0.2, 0.25) is 5.91 Å². The van der Waals surface area contributed by atoms with Gasteiger partial charge < -0.3 is 30.7 Å². The van der Waals surface area contributed by atoms with Crippen molar-refractivity contribution in [3.8, 4) is 11.3 Å². The third kappa shape index (κ3) is 8.89. The second-order valence-corrected chi connectivity index (χ2v) is 18.4. The summed E-state index contributed by atoms with van der Waals surface area (Å²) in [7, 11) is 0. The molecule has 4 aliphatic rings. The van der Waals surface area contributed by atoms with Crippen LogP contribution in [0.1, 0.15) is 83.6 Å². The highest BCUT2D eigenvalue weighted by molar-refractivity contribution is 6.06. The molecule has 0 atom stereocenters. The monoisotopic (exact) mass is 868 g/mol. The fourth-order valence-corrected chi connectivity index (χ4v) is 9.14. The first-order valence-electron chi connectivity index (χ1n) is 22.2. The molecule has 2 aromatic heterocycles. The van der Waals surface area contributed by atoms with Crippen molar-refractivity contribution in [2.75, 3.05) is 72.4 Å². The number of nitrogens with zero attached hydrogens (tertiary/aromatic N) is 8. The molecule has 5 amide bonds. The number of fused-ring (bicyclic) bond motifs is 2. The highest BCUT2D eigenvalue weighted by Gasteiger charge is 2.30. The summed E-state index contributed by atoms with van der Waals surface area (Å²) in [4.78, 5) is 63.0. The molecular weight excluding hydrogens is 813 g/mol. The van der Waals surface area contributed by atoms with Crippen LogP contribution in [0.2, 0.25) is 0 Å². The summed E-state index contributed by atoms with van der Waals surface area (Å²) in [6.07, 6.45) is 3.33. The standard InChI is InChI=1S/C47H56N12O5/c1-29-25-32(5-6-33(29)27-49-43(62)44-52-45(54-64-44)47(2,3)4)40-39(41(48)61)42-50-37-12-11-36(26-31(37)15-20-59(42)53-40)57-23-21-55(22-24-57)28-30-13-17-56(18-14-30)34-7-9-35(10-8-34)58-19-16-38(60)51-46(58)63/h5-12,25-26,30,50H,13-24,27-28H2,1-4H3,(H2,48,61)(H,49,62)(H,51,60,63). The molecule has 9 rings (SSSR count). The number of nitrogens with two attached hydrogens (primary N) is 1. The van der Waals surface area contributed by atoms with E-state index in [9.17, 15) is 19.2 Å². The molecular formula is C47H56N12O5. The van der Waals surface area contributed by atoms with Gasteiger partial charge in [-0.15, -0.1) is 0 Å². The minimum absolute atomic E-state index is 0.0799. The lowest BCUT2D eigenvalue weighted by Crippen LogP contribution is -2.49. The number of imide groups is 1. The number of amides is 5. The minimum atomic E-state index is -0.563. The lowest BCUT2D eigenvalue weighted by atomic mass is 9.95. The van der Waals surface area contributed by atoms with Crippen LogP contribution in [-0.4, -0.2) is 101 Å². The van der Waals surface area contributed by atoms with Crippen LogP contribution < -0.4 is 36.4 Å². The quantitative estimate of drug-likeness (QED) is 0.141. The third-order valence-electron chi connectivity index (χ3n) is 12.9. The number of aromatic nitrogens is 4. The van der Waals surface area contributed by atoms with Crippen molar-refractivity contribution in [3.05, 3.63) is 94.6 Å². The van der Waals surface area contributed by atoms with Crippen molar-refractivity contribution in [3.63, 3.8) is 0 Å². The smallest absolute Gasteiger partial charge is 0.328 e. The predicted octanol–water partition coefficient (Wildman–Crippen LogP) is 5.35. The summed E-state index contributed by atoms with van der Waals surface area (Å²) in [5, 5.41) is 17.6. The molecule has 0 radical (unpaired) electrons. The van der Waals surface area contributed by atoms with Crippen LogP contribution >= 0.6 is 0 Å². The van der Waals surface area contributed by atoms with Gasteiger partial charge in [0.15, 0.2) is 5.82 Å². The number of rotatable bonds is 10. The summed E-state index contributed by atoms with van der Waals surface area (Å²) in [6.45, 7) is 16.1. The Bertz CT molecular complexity index is 2580. The number of hydrogen-bond acceptors (Lipinski definition) is 12. The third-order valence-corrected chi connectivity index (χ3v) is 12.9. The molecule has 3 fully saturated rings. The van der Waals surface area contributed by atoms with E-state index in [2.05, 4.69) is 71.1 Å². The highest BCUT2D eigenvalue weighted by Crippen LogP contribution is 2.37. The van der Waals surface area contributed by atoms with Gasteiger partial charge in [0.05, 0.1) is 0 Å². The average Bonchev–Trinajstić information content (AvgIpc) is 3.89. The van der Waals surface area contributed by atoms with E-state index in [4.69, 9.17) is 15.4 Å². The van der Waals surface area contributed by atoms with Crippen LogP contribution in [0.3, 0.4) is 0 Å². The fourth-order valence-electron chi connectivity index (χ4n) is 9.14. The van der Waals surface area contributed by atoms with Crippen LogP contribution in [0, 0.1) is 12.8 Å². The molecule has 0 spiro atoms. The number of piperidine rings is 1. The zero-order valence-electron chi connectivity index (χ0n) is 36.9. The first-order valence-corrected chi connectivity index (χ1v) is 22.2. The van der Waals surface area contributed by atoms with Gasteiger partial charge in [0, 0.05) is 106 Å².